The predicted molar refractivity (Wildman–Crippen MR) is 141 cm³/mol. The molecule has 204 valence electrons. The highest BCUT2D eigenvalue weighted by Gasteiger charge is 2.76. The van der Waals surface area contributed by atoms with Crippen molar-refractivity contribution in [3.8, 4) is 0 Å². The maximum atomic E-state index is 5.70. The molecule has 0 aromatic heterocycles. The third kappa shape index (κ3) is 3.90. The third-order valence-electron chi connectivity index (χ3n) is 11.7. The standard InChI is InChI=1S/C31H56O4/c1-23(2,3)21-19-28(32-33-28)15-17-30(21,25(7,8)9)27(13,14)31(26(10,11)12)18-16-29(34-35-29)20-22(31)24(4,5)6/h21-22H,15-20H2,1-14H3. The quantitative estimate of drug-likeness (QED) is 0.285. The van der Waals surface area contributed by atoms with Gasteiger partial charge in [-0.2, -0.15) is 19.6 Å². The average molecular weight is 493 g/mol. The highest BCUT2D eigenvalue weighted by atomic mass is 17.4. The first-order valence-electron chi connectivity index (χ1n) is 14.2. The molecule has 4 aliphatic rings. The zero-order valence-corrected chi connectivity index (χ0v) is 25.5. The maximum Gasteiger partial charge on any atom is 0.234 e. The van der Waals surface area contributed by atoms with Gasteiger partial charge in [-0.15, -0.1) is 0 Å². The minimum absolute atomic E-state index is 0.0272. The Kier molecular flexibility index (Phi) is 5.96. The van der Waals surface area contributed by atoms with Crippen LogP contribution in [0.4, 0.5) is 0 Å². The van der Waals surface area contributed by atoms with E-state index in [1.54, 1.807) is 0 Å². The van der Waals surface area contributed by atoms with Gasteiger partial charge < -0.3 is 0 Å². The molecule has 2 saturated carbocycles. The molecule has 0 aromatic rings. The fraction of sp³-hybridized carbons (Fsp3) is 1.00. The Morgan fingerprint density at radius 2 is 0.743 bits per heavy atom. The normalized spacial score (nSPS) is 37.5. The zero-order chi connectivity index (χ0) is 26.7. The number of hydrogen-bond acceptors (Lipinski definition) is 4. The van der Waals surface area contributed by atoms with Gasteiger partial charge in [-0.3, -0.25) is 0 Å². The molecule has 35 heavy (non-hydrogen) atoms. The van der Waals surface area contributed by atoms with E-state index in [4.69, 9.17) is 19.6 Å². The molecule has 0 aromatic carbocycles. The summed E-state index contributed by atoms with van der Waals surface area (Å²) in [6.45, 7) is 35.1. The first-order chi connectivity index (χ1) is 15.5. The molecule has 4 unspecified atom stereocenters. The van der Waals surface area contributed by atoms with Crippen LogP contribution in [0.25, 0.3) is 0 Å². The molecule has 4 atom stereocenters. The third-order valence-corrected chi connectivity index (χ3v) is 11.7. The van der Waals surface area contributed by atoms with E-state index in [1.165, 1.54) is 0 Å². The fourth-order valence-electron chi connectivity index (χ4n) is 10.4. The topological polar surface area (TPSA) is 50.1 Å². The van der Waals surface area contributed by atoms with Gasteiger partial charge in [-0.1, -0.05) is 96.9 Å². The van der Waals surface area contributed by atoms with Crippen LogP contribution in [0.2, 0.25) is 0 Å². The van der Waals surface area contributed by atoms with Gasteiger partial charge in [0.15, 0.2) is 0 Å². The summed E-state index contributed by atoms with van der Waals surface area (Å²) in [4.78, 5) is 22.8. The lowest BCUT2D eigenvalue weighted by Crippen LogP contribution is -2.70. The van der Waals surface area contributed by atoms with E-state index in [0.29, 0.717) is 11.8 Å². The Hall–Kier alpha value is -0.160. The van der Waals surface area contributed by atoms with Crippen LogP contribution in [0.1, 0.15) is 135 Å². The Balaban J connectivity index is 1.99. The van der Waals surface area contributed by atoms with Gasteiger partial charge >= 0.3 is 0 Å². The molecule has 4 rings (SSSR count). The maximum absolute atomic E-state index is 5.70. The highest BCUT2D eigenvalue weighted by molar-refractivity contribution is 5.21. The van der Waals surface area contributed by atoms with E-state index in [2.05, 4.69) is 96.9 Å². The second kappa shape index (κ2) is 7.48. The van der Waals surface area contributed by atoms with Crippen LogP contribution in [-0.4, -0.2) is 11.6 Å². The van der Waals surface area contributed by atoms with Crippen molar-refractivity contribution in [1.82, 2.24) is 0 Å². The lowest BCUT2D eigenvalue weighted by atomic mass is 9.29. The molecule has 4 fully saturated rings. The van der Waals surface area contributed by atoms with Crippen LogP contribution in [0.3, 0.4) is 0 Å². The molecule has 4 nitrogen and oxygen atoms in total. The minimum atomic E-state index is -0.354. The smallest absolute Gasteiger partial charge is 0.195 e. The van der Waals surface area contributed by atoms with Crippen LogP contribution in [0.15, 0.2) is 0 Å². The van der Waals surface area contributed by atoms with Crippen molar-refractivity contribution in [1.29, 1.82) is 0 Å². The van der Waals surface area contributed by atoms with E-state index < -0.39 is 0 Å². The molecule has 2 heterocycles. The predicted octanol–water partition coefficient (Wildman–Crippen LogP) is 9.09. The molecule has 0 radical (unpaired) electrons. The van der Waals surface area contributed by atoms with Gasteiger partial charge in [-0.05, 0) is 62.6 Å². The van der Waals surface area contributed by atoms with Gasteiger partial charge in [0.1, 0.15) is 0 Å². The van der Waals surface area contributed by atoms with Gasteiger partial charge in [0.05, 0.1) is 0 Å². The average Bonchev–Trinajstić information content (AvgIpc) is 3.57. The Morgan fingerprint density at radius 1 is 0.457 bits per heavy atom. The number of rotatable bonds is 2. The second-order valence-corrected chi connectivity index (χ2v) is 17.5. The van der Waals surface area contributed by atoms with Crippen molar-refractivity contribution >= 4 is 0 Å². The van der Waals surface area contributed by atoms with Gasteiger partial charge in [-0.25, -0.2) is 0 Å². The summed E-state index contributed by atoms with van der Waals surface area (Å²) in [5.74, 6) is 0.219. The second-order valence-electron chi connectivity index (χ2n) is 17.5. The first kappa shape index (κ1) is 27.9. The van der Waals surface area contributed by atoms with Gasteiger partial charge in [0.2, 0.25) is 11.6 Å². The summed E-state index contributed by atoms with van der Waals surface area (Å²) in [5.41, 5.74) is 0.668. The molecule has 2 saturated heterocycles. The fourth-order valence-corrected chi connectivity index (χ4v) is 10.4. The van der Waals surface area contributed by atoms with Crippen molar-refractivity contribution in [2.24, 2.45) is 49.7 Å². The van der Waals surface area contributed by atoms with E-state index in [0.717, 1.165) is 38.5 Å². The monoisotopic (exact) mass is 492 g/mol. The molecular formula is C31H56O4. The van der Waals surface area contributed by atoms with Gasteiger partial charge in [0.25, 0.3) is 0 Å². The lowest BCUT2D eigenvalue weighted by Gasteiger charge is -2.74. The van der Waals surface area contributed by atoms with Gasteiger partial charge in [0, 0.05) is 25.7 Å². The largest absolute Gasteiger partial charge is 0.234 e. The Labute approximate surface area is 216 Å². The molecule has 0 bridgehead atoms. The summed E-state index contributed by atoms with van der Waals surface area (Å²) in [5, 5.41) is 0. The molecule has 2 aliphatic carbocycles. The van der Waals surface area contributed by atoms with Crippen LogP contribution in [0.5, 0.6) is 0 Å². The molecule has 4 heteroatoms. The Bertz CT molecular complexity index is 754. The zero-order valence-electron chi connectivity index (χ0n) is 25.5. The molecule has 2 aliphatic heterocycles. The molecule has 0 amide bonds. The van der Waals surface area contributed by atoms with Crippen molar-refractivity contribution in [2.45, 2.75) is 147 Å². The van der Waals surface area contributed by atoms with Crippen molar-refractivity contribution in [3.63, 3.8) is 0 Å². The van der Waals surface area contributed by atoms with Crippen LogP contribution in [-0.2, 0) is 19.6 Å². The first-order valence-corrected chi connectivity index (χ1v) is 14.2. The number of hydrogen-bond donors (Lipinski definition) is 0. The highest BCUT2D eigenvalue weighted by Crippen LogP contribution is 2.79. The van der Waals surface area contributed by atoms with Crippen LogP contribution >= 0.6 is 0 Å². The van der Waals surface area contributed by atoms with Crippen molar-refractivity contribution < 1.29 is 19.6 Å². The summed E-state index contributed by atoms with van der Waals surface area (Å²) >= 11 is 0. The minimum Gasteiger partial charge on any atom is -0.195 e. The summed E-state index contributed by atoms with van der Waals surface area (Å²) in [7, 11) is 0. The van der Waals surface area contributed by atoms with E-state index in [9.17, 15) is 0 Å². The Morgan fingerprint density at radius 3 is 0.943 bits per heavy atom. The van der Waals surface area contributed by atoms with Crippen molar-refractivity contribution in [2.75, 3.05) is 0 Å². The molecule has 2 spiro atoms. The van der Waals surface area contributed by atoms with Crippen molar-refractivity contribution in [3.05, 3.63) is 0 Å². The molecular weight excluding hydrogens is 436 g/mol. The SMILES string of the molecule is CC(C)(C)C1CC2(CCC1(C(C)(C)C)C(C)(C)C1(C(C)(C)C)CCC3(CC1C(C)(C)C)OO3)OO2. The van der Waals surface area contributed by atoms with E-state index in [-0.39, 0.29) is 49.5 Å². The van der Waals surface area contributed by atoms with E-state index >= 15 is 0 Å². The van der Waals surface area contributed by atoms with E-state index in [1.807, 2.05) is 0 Å². The summed E-state index contributed by atoms with van der Waals surface area (Å²) in [6, 6.07) is 0. The lowest BCUT2D eigenvalue weighted by molar-refractivity contribution is -0.273. The summed E-state index contributed by atoms with van der Waals surface area (Å²) < 4.78 is 0. The van der Waals surface area contributed by atoms with Crippen LogP contribution < -0.4 is 0 Å². The molecule has 0 N–H and O–H groups in total. The summed E-state index contributed by atoms with van der Waals surface area (Å²) in [6.07, 6.45) is 6.17. The van der Waals surface area contributed by atoms with Crippen LogP contribution in [0, 0.1) is 49.7 Å².